The lowest BCUT2D eigenvalue weighted by Crippen LogP contribution is -2.32. The van der Waals surface area contributed by atoms with Crippen LogP contribution in [0.25, 0.3) is 5.76 Å². The van der Waals surface area contributed by atoms with Crippen LogP contribution < -0.4 is 0 Å². The van der Waals surface area contributed by atoms with E-state index in [1.54, 1.807) is 12.1 Å². The molecule has 27 heavy (non-hydrogen) atoms. The number of nitrogens with zero attached hydrogens (tertiary/aromatic N) is 1. The van der Waals surface area contributed by atoms with Crippen LogP contribution in [0.2, 0.25) is 0 Å². The molecule has 5 nitrogen and oxygen atoms in total. The summed E-state index contributed by atoms with van der Waals surface area (Å²) < 4.78 is 5.98. The number of carbonyl (C=O) groups is 2. The van der Waals surface area contributed by atoms with Gasteiger partial charge in [0.15, 0.2) is 0 Å². The van der Waals surface area contributed by atoms with Crippen molar-refractivity contribution in [2.75, 3.05) is 20.3 Å². The fourth-order valence-electron chi connectivity index (χ4n) is 3.16. The molecule has 1 N–H and O–H groups in total. The lowest BCUT2D eigenvalue weighted by atomic mass is 9.95. The zero-order valence-corrected chi connectivity index (χ0v) is 16.7. The molecule has 1 fully saturated rings. The van der Waals surface area contributed by atoms with Crippen LogP contribution in [0, 0.1) is 6.92 Å². The van der Waals surface area contributed by atoms with E-state index in [9.17, 15) is 14.7 Å². The van der Waals surface area contributed by atoms with Crippen molar-refractivity contribution in [3.8, 4) is 0 Å². The van der Waals surface area contributed by atoms with Crippen LogP contribution in [0.1, 0.15) is 22.7 Å². The van der Waals surface area contributed by atoms with Gasteiger partial charge in [0.05, 0.1) is 18.2 Å². The first-order valence-electron chi connectivity index (χ1n) is 8.54. The second kappa shape index (κ2) is 8.06. The Labute approximate surface area is 166 Å². The van der Waals surface area contributed by atoms with Crippen LogP contribution in [0.3, 0.4) is 0 Å². The SMILES string of the molecule is COCCN1C(=O)C(=O)/C(=C(/O)c2ccc(C)cc2)[C@H]1c1ccc(Br)cc1. The van der Waals surface area contributed by atoms with Crippen molar-refractivity contribution in [2.24, 2.45) is 0 Å². The molecule has 0 bridgehead atoms. The van der Waals surface area contributed by atoms with E-state index in [0.29, 0.717) is 12.2 Å². The van der Waals surface area contributed by atoms with Crippen molar-refractivity contribution in [3.05, 3.63) is 75.3 Å². The Kier molecular flexibility index (Phi) is 5.77. The molecule has 0 spiro atoms. The maximum Gasteiger partial charge on any atom is 0.295 e. The summed E-state index contributed by atoms with van der Waals surface area (Å²) in [5, 5.41) is 10.9. The monoisotopic (exact) mass is 429 g/mol. The number of hydrogen-bond donors (Lipinski definition) is 1. The summed E-state index contributed by atoms with van der Waals surface area (Å²) in [5.41, 5.74) is 2.40. The molecule has 1 amide bonds. The molecule has 1 atom stereocenters. The van der Waals surface area contributed by atoms with Gasteiger partial charge in [0, 0.05) is 23.7 Å². The van der Waals surface area contributed by atoms with Crippen LogP contribution in [0.5, 0.6) is 0 Å². The Morgan fingerprint density at radius 3 is 2.33 bits per heavy atom. The first-order chi connectivity index (χ1) is 12.9. The summed E-state index contributed by atoms with van der Waals surface area (Å²) in [6.07, 6.45) is 0. The summed E-state index contributed by atoms with van der Waals surface area (Å²) in [5.74, 6) is -1.48. The van der Waals surface area contributed by atoms with Crippen molar-refractivity contribution in [3.63, 3.8) is 0 Å². The Morgan fingerprint density at radius 2 is 1.74 bits per heavy atom. The van der Waals surface area contributed by atoms with E-state index in [2.05, 4.69) is 15.9 Å². The van der Waals surface area contributed by atoms with E-state index in [1.165, 1.54) is 12.0 Å². The summed E-state index contributed by atoms with van der Waals surface area (Å²) >= 11 is 3.39. The minimum absolute atomic E-state index is 0.0993. The Hall–Kier alpha value is -2.44. The molecule has 1 aliphatic heterocycles. The molecule has 3 rings (SSSR count). The van der Waals surface area contributed by atoms with E-state index >= 15 is 0 Å². The van der Waals surface area contributed by atoms with Gasteiger partial charge in [-0.05, 0) is 24.6 Å². The van der Waals surface area contributed by atoms with Gasteiger partial charge >= 0.3 is 0 Å². The van der Waals surface area contributed by atoms with Crippen LogP contribution in [0.4, 0.5) is 0 Å². The van der Waals surface area contributed by atoms with Crippen LogP contribution in [-0.2, 0) is 14.3 Å². The molecule has 0 aliphatic carbocycles. The predicted molar refractivity (Wildman–Crippen MR) is 106 cm³/mol. The standard InChI is InChI=1S/C21H20BrNO4/c1-13-3-5-15(6-4-13)19(24)17-18(14-7-9-16(22)10-8-14)23(11-12-27-2)21(26)20(17)25/h3-10,18,24H,11-12H2,1-2H3/b19-17+/t18-/m1/s1. The smallest absolute Gasteiger partial charge is 0.295 e. The molecular formula is C21H20BrNO4. The third-order valence-electron chi connectivity index (χ3n) is 4.59. The lowest BCUT2D eigenvalue weighted by Gasteiger charge is -2.25. The molecule has 140 valence electrons. The molecule has 0 saturated carbocycles. The number of ketones is 1. The van der Waals surface area contributed by atoms with Crippen molar-refractivity contribution in [1.29, 1.82) is 0 Å². The van der Waals surface area contributed by atoms with Gasteiger partial charge in [-0.2, -0.15) is 0 Å². The highest BCUT2D eigenvalue weighted by atomic mass is 79.9. The Balaban J connectivity index is 2.14. The number of aliphatic hydroxyl groups is 1. The average Bonchev–Trinajstić information content (AvgIpc) is 2.91. The number of Topliss-reactive ketones (excluding diaryl/α,β-unsaturated/α-hetero) is 1. The molecular weight excluding hydrogens is 410 g/mol. The third-order valence-corrected chi connectivity index (χ3v) is 5.12. The zero-order valence-electron chi connectivity index (χ0n) is 15.1. The number of aryl methyl sites for hydroxylation is 1. The quantitative estimate of drug-likeness (QED) is 0.445. The van der Waals surface area contributed by atoms with Crippen molar-refractivity contribution in [1.82, 2.24) is 4.90 Å². The molecule has 1 saturated heterocycles. The number of benzene rings is 2. The van der Waals surface area contributed by atoms with Crippen molar-refractivity contribution < 1.29 is 19.4 Å². The fraction of sp³-hybridized carbons (Fsp3) is 0.238. The van der Waals surface area contributed by atoms with Gasteiger partial charge in [-0.15, -0.1) is 0 Å². The number of methoxy groups -OCH3 is 1. The minimum Gasteiger partial charge on any atom is -0.507 e. The van der Waals surface area contributed by atoms with E-state index < -0.39 is 17.7 Å². The maximum atomic E-state index is 12.8. The molecule has 6 heteroatoms. The van der Waals surface area contributed by atoms with Gasteiger partial charge in [0.2, 0.25) is 0 Å². The summed E-state index contributed by atoms with van der Waals surface area (Å²) in [7, 11) is 1.54. The number of amides is 1. The predicted octanol–water partition coefficient (Wildman–Crippen LogP) is 3.83. The number of halogens is 1. The largest absolute Gasteiger partial charge is 0.507 e. The lowest BCUT2D eigenvalue weighted by molar-refractivity contribution is -0.140. The minimum atomic E-state index is -0.683. The van der Waals surface area contributed by atoms with Crippen LogP contribution in [-0.4, -0.2) is 42.0 Å². The first kappa shape index (κ1) is 19.3. The molecule has 0 aromatic heterocycles. The first-order valence-corrected chi connectivity index (χ1v) is 9.33. The maximum absolute atomic E-state index is 12.8. The van der Waals surface area contributed by atoms with Gasteiger partial charge in [-0.3, -0.25) is 9.59 Å². The van der Waals surface area contributed by atoms with Gasteiger partial charge in [-0.25, -0.2) is 0 Å². The summed E-state index contributed by atoms with van der Waals surface area (Å²) in [6, 6.07) is 13.9. The van der Waals surface area contributed by atoms with Crippen LogP contribution >= 0.6 is 15.9 Å². The Morgan fingerprint density at radius 1 is 1.11 bits per heavy atom. The summed E-state index contributed by atoms with van der Waals surface area (Å²) in [6.45, 7) is 2.49. The fourth-order valence-corrected chi connectivity index (χ4v) is 3.42. The van der Waals surface area contributed by atoms with E-state index in [-0.39, 0.29) is 17.9 Å². The van der Waals surface area contributed by atoms with Crippen molar-refractivity contribution in [2.45, 2.75) is 13.0 Å². The number of likely N-dealkylation sites (tertiary alicyclic amines) is 1. The summed E-state index contributed by atoms with van der Waals surface area (Å²) in [4.78, 5) is 26.8. The van der Waals surface area contributed by atoms with Gasteiger partial charge < -0.3 is 14.7 Å². The van der Waals surface area contributed by atoms with E-state index in [0.717, 1.165) is 15.6 Å². The van der Waals surface area contributed by atoms with E-state index in [4.69, 9.17) is 4.74 Å². The number of carbonyl (C=O) groups excluding carboxylic acids is 2. The Bertz CT molecular complexity index is 887. The second-order valence-corrected chi connectivity index (χ2v) is 7.32. The van der Waals surface area contributed by atoms with E-state index in [1.807, 2.05) is 43.3 Å². The second-order valence-electron chi connectivity index (χ2n) is 6.40. The molecule has 1 aliphatic rings. The molecule has 2 aromatic carbocycles. The van der Waals surface area contributed by atoms with Gasteiger partial charge in [0.25, 0.3) is 11.7 Å². The topological polar surface area (TPSA) is 66.8 Å². The molecule has 0 radical (unpaired) electrons. The molecule has 2 aromatic rings. The molecule has 0 unspecified atom stereocenters. The number of ether oxygens (including phenoxy) is 1. The highest BCUT2D eigenvalue weighted by Gasteiger charge is 2.45. The highest BCUT2D eigenvalue weighted by Crippen LogP contribution is 2.39. The third kappa shape index (κ3) is 3.82. The van der Waals surface area contributed by atoms with Crippen LogP contribution in [0.15, 0.2) is 58.6 Å². The number of aliphatic hydroxyl groups excluding tert-OH is 1. The van der Waals surface area contributed by atoms with Crippen molar-refractivity contribution >= 4 is 33.4 Å². The van der Waals surface area contributed by atoms with Gasteiger partial charge in [0.1, 0.15) is 5.76 Å². The zero-order chi connectivity index (χ0) is 19.6. The number of hydrogen-bond acceptors (Lipinski definition) is 4. The molecule has 1 heterocycles. The highest BCUT2D eigenvalue weighted by molar-refractivity contribution is 9.10. The number of rotatable bonds is 5. The van der Waals surface area contributed by atoms with Gasteiger partial charge in [-0.1, -0.05) is 57.9 Å². The average molecular weight is 430 g/mol. The normalized spacial score (nSPS) is 18.9.